The number of imide groups is 1. The third-order valence-electron chi connectivity index (χ3n) is 6.20. The van der Waals surface area contributed by atoms with Crippen LogP contribution in [0.5, 0.6) is 11.5 Å². The molecule has 38 heavy (non-hydrogen) atoms. The molecule has 5 rings (SSSR count). The minimum atomic E-state index is -0.271. The number of nitriles is 1. The summed E-state index contributed by atoms with van der Waals surface area (Å²) >= 11 is 3.20. The van der Waals surface area contributed by atoms with E-state index in [1.807, 2.05) is 68.4 Å². The van der Waals surface area contributed by atoms with Gasteiger partial charge in [0.15, 0.2) is 0 Å². The fourth-order valence-electron chi connectivity index (χ4n) is 4.28. The van der Waals surface area contributed by atoms with E-state index in [9.17, 15) is 9.59 Å². The molecule has 0 saturated carbocycles. The predicted molar refractivity (Wildman–Crippen MR) is 157 cm³/mol. The zero-order chi connectivity index (χ0) is 26.8. The summed E-state index contributed by atoms with van der Waals surface area (Å²) in [4.78, 5) is 27.4. The lowest BCUT2D eigenvalue weighted by molar-refractivity contribution is -0.123. The number of halogens is 1. The molecule has 0 bridgehead atoms. The third kappa shape index (κ3) is 5.39. The summed E-state index contributed by atoms with van der Waals surface area (Å²) in [5, 5.41) is 8.69. The van der Waals surface area contributed by atoms with Gasteiger partial charge in [0.05, 0.1) is 23.1 Å². The minimum Gasteiger partial charge on any atom is -0.457 e. The van der Waals surface area contributed by atoms with Crippen LogP contribution in [0.15, 0.2) is 83.8 Å². The summed E-state index contributed by atoms with van der Waals surface area (Å²) in [6, 6.07) is 26.6. The highest BCUT2D eigenvalue weighted by atomic mass is 127. The summed E-state index contributed by atoms with van der Waals surface area (Å²) in [6.45, 7) is 4.26. The van der Waals surface area contributed by atoms with E-state index in [1.165, 1.54) is 4.90 Å². The van der Waals surface area contributed by atoms with E-state index in [0.717, 1.165) is 43.5 Å². The lowest BCUT2D eigenvalue weighted by Gasteiger charge is -2.12. The largest absolute Gasteiger partial charge is 0.457 e. The normalized spacial score (nSPS) is 14.3. The van der Waals surface area contributed by atoms with Crippen LogP contribution in [-0.2, 0) is 11.3 Å². The summed E-state index contributed by atoms with van der Waals surface area (Å²) in [5.41, 5.74) is 5.32. The Morgan fingerprint density at radius 3 is 2.21 bits per heavy atom. The van der Waals surface area contributed by atoms with Crippen molar-refractivity contribution in [3.8, 4) is 23.3 Å². The van der Waals surface area contributed by atoms with Crippen molar-refractivity contribution in [2.45, 2.75) is 20.4 Å². The van der Waals surface area contributed by atoms with Crippen LogP contribution in [0.3, 0.4) is 0 Å². The number of rotatable bonds is 6. The Hall–Kier alpha value is -3.81. The van der Waals surface area contributed by atoms with Crippen LogP contribution in [0.4, 0.5) is 4.79 Å². The standard InChI is InChI=1S/C30H22IN3O3S/c1-19-15-23(16-28-29(35)33(30(36)38-28)18-22-3-7-24(31)8-4-22)20(2)34(19)25-9-13-27(14-10-25)37-26-11-5-21(17-32)6-12-26/h3-16H,18H2,1-2H3/b28-16-. The molecule has 2 amide bonds. The first kappa shape index (κ1) is 25.8. The molecular weight excluding hydrogens is 609 g/mol. The van der Waals surface area contributed by atoms with Crippen molar-refractivity contribution >= 4 is 51.6 Å². The molecule has 1 aliphatic rings. The molecule has 6 nitrogen and oxygen atoms in total. The molecule has 0 N–H and O–H groups in total. The first-order valence-electron chi connectivity index (χ1n) is 11.8. The van der Waals surface area contributed by atoms with Crippen LogP contribution in [0.2, 0.25) is 0 Å². The van der Waals surface area contributed by atoms with Gasteiger partial charge >= 0.3 is 0 Å². The lowest BCUT2D eigenvalue weighted by atomic mass is 10.2. The Morgan fingerprint density at radius 1 is 0.947 bits per heavy atom. The summed E-state index contributed by atoms with van der Waals surface area (Å²) in [7, 11) is 0. The molecule has 0 aliphatic carbocycles. The molecule has 0 radical (unpaired) electrons. The number of benzene rings is 3. The topological polar surface area (TPSA) is 75.3 Å². The molecule has 188 valence electrons. The number of carbonyl (C=O) groups is 2. The highest BCUT2D eigenvalue weighted by Gasteiger charge is 2.35. The Kier molecular flexibility index (Phi) is 7.40. The van der Waals surface area contributed by atoms with Crippen LogP contribution in [-0.4, -0.2) is 20.6 Å². The number of aromatic nitrogens is 1. The minimum absolute atomic E-state index is 0.258. The fourth-order valence-corrected chi connectivity index (χ4v) is 5.47. The molecule has 3 aromatic carbocycles. The Bertz CT molecular complexity index is 1600. The van der Waals surface area contributed by atoms with Crippen molar-refractivity contribution in [3.63, 3.8) is 0 Å². The van der Waals surface area contributed by atoms with Gasteiger partial charge in [-0.1, -0.05) is 12.1 Å². The third-order valence-corrected chi connectivity index (χ3v) is 7.83. The number of hydrogen-bond acceptors (Lipinski definition) is 5. The smallest absolute Gasteiger partial charge is 0.293 e. The average molecular weight is 631 g/mol. The van der Waals surface area contributed by atoms with E-state index in [1.54, 1.807) is 30.3 Å². The molecule has 1 saturated heterocycles. The number of thioether (sulfide) groups is 1. The van der Waals surface area contributed by atoms with Crippen molar-refractivity contribution in [1.82, 2.24) is 9.47 Å². The highest BCUT2D eigenvalue weighted by molar-refractivity contribution is 14.1. The Balaban J connectivity index is 1.34. The zero-order valence-corrected chi connectivity index (χ0v) is 23.6. The van der Waals surface area contributed by atoms with E-state index < -0.39 is 0 Å². The van der Waals surface area contributed by atoms with Crippen molar-refractivity contribution in [3.05, 3.63) is 115 Å². The molecule has 1 aliphatic heterocycles. The second-order valence-corrected chi connectivity index (χ2v) is 11.0. The molecule has 0 unspecified atom stereocenters. The number of amides is 2. The average Bonchev–Trinajstić information content (AvgIpc) is 3.34. The first-order valence-corrected chi connectivity index (χ1v) is 13.7. The molecule has 1 fully saturated rings. The Labute approximate surface area is 238 Å². The summed E-state index contributed by atoms with van der Waals surface area (Å²) in [6.07, 6.45) is 1.81. The molecule has 8 heteroatoms. The molecule has 2 heterocycles. The predicted octanol–water partition coefficient (Wildman–Crippen LogP) is 7.60. The van der Waals surface area contributed by atoms with Gasteiger partial charge < -0.3 is 9.30 Å². The van der Waals surface area contributed by atoms with Crippen molar-refractivity contribution in [2.75, 3.05) is 0 Å². The molecule has 0 atom stereocenters. The number of hydrogen-bond donors (Lipinski definition) is 0. The quantitative estimate of drug-likeness (QED) is 0.162. The molecule has 4 aromatic rings. The fraction of sp³-hybridized carbons (Fsp3) is 0.100. The van der Waals surface area contributed by atoms with E-state index >= 15 is 0 Å². The van der Waals surface area contributed by atoms with Crippen LogP contribution in [0.25, 0.3) is 11.8 Å². The van der Waals surface area contributed by atoms with Gasteiger partial charge in [0, 0.05) is 20.6 Å². The summed E-state index contributed by atoms with van der Waals surface area (Å²) < 4.78 is 9.10. The number of ether oxygens (including phenoxy) is 1. The first-order chi connectivity index (χ1) is 18.3. The van der Waals surface area contributed by atoms with E-state index in [-0.39, 0.29) is 17.7 Å². The van der Waals surface area contributed by atoms with Gasteiger partial charge in [-0.05, 0) is 132 Å². The maximum atomic E-state index is 13.1. The second kappa shape index (κ2) is 10.9. The van der Waals surface area contributed by atoms with Gasteiger partial charge in [-0.25, -0.2) is 0 Å². The zero-order valence-electron chi connectivity index (χ0n) is 20.6. The maximum Gasteiger partial charge on any atom is 0.293 e. The lowest BCUT2D eigenvalue weighted by Crippen LogP contribution is -2.27. The van der Waals surface area contributed by atoms with Crippen LogP contribution >= 0.6 is 34.4 Å². The van der Waals surface area contributed by atoms with Crippen molar-refractivity contribution in [1.29, 1.82) is 5.26 Å². The molecular formula is C30H22IN3O3S. The van der Waals surface area contributed by atoms with Crippen LogP contribution in [0.1, 0.15) is 28.1 Å². The number of aryl methyl sites for hydroxylation is 1. The number of carbonyl (C=O) groups excluding carboxylic acids is 2. The monoisotopic (exact) mass is 631 g/mol. The maximum absolute atomic E-state index is 13.1. The van der Waals surface area contributed by atoms with Gasteiger partial charge in [0.2, 0.25) is 0 Å². The SMILES string of the molecule is Cc1cc(/C=C2\SC(=O)N(Cc3ccc(I)cc3)C2=O)c(C)n1-c1ccc(Oc2ccc(C#N)cc2)cc1. The Morgan fingerprint density at radius 2 is 1.58 bits per heavy atom. The molecule has 0 spiro atoms. The van der Waals surface area contributed by atoms with E-state index in [2.05, 4.69) is 33.2 Å². The second-order valence-electron chi connectivity index (χ2n) is 8.79. The van der Waals surface area contributed by atoms with Crippen molar-refractivity contribution in [2.24, 2.45) is 0 Å². The van der Waals surface area contributed by atoms with Crippen LogP contribution < -0.4 is 4.74 Å². The van der Waals surface area contributed by atoms with Gasteiger partial charge in [0.1, 0.15) is 11.5 Å². The van der Waals surface area contributed by atoms with Gasteiger partial charge in [-0.3, -0.25) is 14.5 Å². The van der Waals surface area contributed by atoms with E-state index in [0.29, 0.717) is 22.0 Å². The van der Waals surface area contributed by atoms with E-state index in [4.69, 9.17) is 10.00 Å². The molecule has 1 aromatic heterocycles. The van der Waals surface area contributed by atoms with Gasteiger partial charge in [0.25, 0.3) is 11.1 Å². The van der Waals surface area contributed by atoms with Crippen LogP contribution in [0, 0.1) is 28.7 Å². The highest BCUT2D eigenvalue weighted by Crippen LogP contribution is 2.35. The van der Waals surface area contributed by atoms with Crippen molar-refractivity contribution < 1.29 is 14.3 Å². The summed E-state index contributed by atoms with van der Waals surface area (Å²) in [5.74, 6) is 1.07. The number of nitrogens with zero attached hydrogens (tertiary/aromatic N) is 3. The van der Waals surface area contributed by atoms with Gasteiger partial charge in [-0.2, -0.15) is 5.26 Å². The van der Waals surface area contributed by atoms with Gasteiger partial charge in [-0.15, -0.1) is 0 Å².